The maximum atomic E-state index is 4.65. The first-order valence-corrected chi connectivity index (χ1v) is 7.94. The summed E-state index contributed by atoms with van der Waals surface area (Å²) in [4.78, 5) is 3.58. The smallest absolute Gasteiger partial charge is 0.0678 e. The number of rotatable bonds is 2. The fourth-order valence-corrected chi connectivity index (χ4v) is 3.48. The second kappa shape index (κ2) is 6.12. The fraction of sp³-hybridized carbons (Fsp3) is 0.333. The van der Waals surface area contributed by atoms with Crippen LogP contribution in [0.25, 0.3) is 0 Å². The van der Waals surface area contributed by atoms with E-state index < -0.39 is 0 Å². The summed E-state index contributed by atoms with van der Waals surface area (Å²) >= 11 is 4.65. The second-order valence-corrected chi connectivity index (χ2v) is 6.24. The molecule has 2 nitrogen and oxygen atoms in total. The molecule has 0 spiro atoms. The summed E-state index contributed by atoms with van der Waals surface area (Å²) in [5.41, 5.74) is 5.30. The highest BCUT2D eigenvalue weighted by molar-refractivity contribution is 7.80. The van der Waals surface area contributed by atoms with Gasteiger partial charge in [0.05, 0.1) is 6.04 Å². The molecule has 0 bridgehead atoms. The predicted octanol–water partition coefficient (Wildman–Crippen LogP) is 3.74. The van der Waals surface area contributed by atoms with Gasteiger partial charge in [-0.15, -0.1) is 12.6 Å². The van der Waals surface area contributed by atoms with E-state index in [4.69, 9.17) is 0 Å². The molecule has 0 aliphatic carbocycles. The Balaban J connectivity index is 2.00. The standard InChI is InChI=1S/C18H22N2S/c1-13-7-8-16(14(2)11-13)20-10-9-19-12-17(20)15-5-3-4-6-18(15)21/h3-8,11,17,19,21H,9-10,12H2,1-2H3. The summed E-state index contributed by atoms with van der Waals surface area (Å²) in [6, 6.07) is 15.5. The minimum atomic E-state index is 0.342. The number of thiol groups is 1. The van der Waals surface area contributed by atoms with Crippen molar-refractivity contribution in [3.63, 3.8) is 0 Å². The van der Waals surface area contributed by atoms with Gasteiger partial charge in [-0.2, -0.15) is 0 Å². The zero-order valence-corrected chi connectivity index (χ0v) is 13.5. The largest absolute Gasteiger partial charge is 0.362 e. The van der Waals surface area contributed by atoms with Crippen molar-refractivity contribution in [2.75, 3.05) is 24.5 Å². The quantitative estimate of drug-likeness (QED) is 0.821. The maximum Gasteiger partial charge on any atom is 0.0678 e. The molecule has 0 aromatic heterocycles. The number of hydrogen-bond acceptors (Lipinski definition) is 3. The Hall–Kier alpha value is -1.45. The van der Waals surface area contributed by atoms with Gasteiger partial charge in [-0.05, 0) is 37.1 Å². The molecule has 1 heterocycles. The Morgan fingerprint density at radius 1 is 1.14 bits per heavy atom. The number of aryl methyl sites for hydroxylation is 2. The fourth-order valence-electron chi connectivity index (χ4n) is 3.17. The third-order valence-corrected chi connectivity index (χ3v) is 4.61. The Morgan fingerprint density at radius 2 is 1.95 bits per heavy atom. The average Bonchev–Trinajstić information content (AvgIpc) is 2.48. The summed E-state index contributed by atoms with van der Waals surface area (Å²) < 4.78 is 0. The van der Waals surface area contributed by atoms with Crippen LogP contribution in [0.4, 0.5) is 5.69 Å². The minimum Gasteiger partial charge on any atom is -0.362 e. The third-order valence-electron chi connectivity index (χ3n) is 4.20. The number of nitrogens with one attached hydrogen (secondary N) is 1. The number of nitrogens with zero attached hydrogens (tertiary/aromatic N) is 1. The van der Waals surface area contributed by atoms with Crippen molar-refractivity contribution in [3.8, 4) is 0 Å². The molecular formula is C18H22N2S. The van der Waals surface area contributed by atoms with Gasteiger partial charge in [0.15, 0.2) is 0 Å². The summed E-state index contributed by atoms with van der Waals surface area (Å²) in [5, 5.41) is 3.52. The van der Waals surface area contributed by atoms with E-state index in [0.29, 0.717) is 6.04 Å². The number of anilines is 1. The molecule has 1 aliphatic heterocycles. The molecule has 1 aliphatic rings. The molecule has 2 aromatic carbocycles. The molecule has 110 valence electrons. The molecule has 1 N–H and O–H groups in total. The van der Waals surface area contributed by atoms with E-state index in [1.807, 2.05) is 6.07 Å². The molecule has 0 saturated carbocycles. The first-order chi connectivity index (χ1) is 10.2. The van der Waals surface area contributed by atoms with Crippen LogP contribution < -0.4 is 10.2 Å². The van der Waals surface area contributed by atoms with Crippen LogP contribution in [0.15, 0.2) is 47.4 Å². The van der Waals surface area contributed by atoms with Crippen molar-refractivity contribution < 1.29 is 0 Å². The summed E-state index contributed by atoms with van der Waals surface area (Å²) in [6.07, 6.45) is 0. The van der Waals surface area contributed by atoms with E-state index in [0.717, 1.165) is 24.5 Å². The van der Waals surface area contributed by atoms with Crippen LogP contribution in [-0.4, -0.2) is 19.6 Å². The van der Waals surface area contributed by atoms with E-state index in [-0.39, 0.29) is 0 Å². The average molecular weight is 298 g/mol. The molecule has 21 heavy (non-hydrogen) atoms. The molecular weight excluding hydrogens is 276 g/mol. The molecule has 2 aromatic rings. The normalized spacial score (nSPS) is 18.8. The molecule has 1 saturated heterocycles. The van der Waals surface area contributed by atoms with Gasteiger partial charge in [-0.3, -0.25) is 0 Å². The van der Waals surface area contributed by atoms with Gasteiger partial charge in [-0.25, -0.2) is 0 Å². The first-order valence-electron chi connectivity index (χ1n) is 7.49. The lowest BCUT2D eigenvalue weighted by molar-refractivity contribution is 0.485. The van der Waals surface area contributed by atoms with E-state index >= 15 is 0 Å². The number of hydrogen-bond donors (Lipinski definition) is 2. The maximum absolute atomic E-state index is 4.65. The lowest BCUT2D eigenvalue weighted by atomic mass is 10.0. The predicted molar refractivity (Wildman–Crippen MR) is 92.6 cm³/mol. The number of benzene rings is 2. The molecule has 3 heteroatoms. The topological polar surface area (TPSA) is 15.3 Å². The zero-order valence-electron chi connectivity index (χ0n) is 12.6. The summed E-state index contributed by atoms with van der Waals surface area (Å²) in [5.74, 6) is 0. The molecule has 1 unspecified atom stereocenters. The molecule has 3 rings (SSSR count). The van der Waals surface area contributed by atoms with E-state index in [1.165, 1.54) is 22.4 Å². The Kier molecular flexibility index (Phi) is 4.22. The van der Waals surface area contributed by atoms with Crippen LogP contribution in [0.3, 0.4) is 0 Å². The lowest BCUT2D eigenvalue weighted by Gasteiger charge is -2.39. The molecule has 0 radical (unpaired) electrons. The third kappa shape index (κ3) is 2.94. The van der Waals surface area contributed by atoms with Crippen molar-refractivity contribution in [2.24, 2.45) is 0 Å². The SMILES string of the molecule is Cc1ccc(N2CCNCC2c2ccccc2S)c(C)c1. The van der Waals surface area contributed by atoms with Gasteiger partial charge in [0.25, 0.3) is 0 Å². The van der Waals surface area contributed by atoms with Gasteiger partial charge >= 0.3 is 0 Å². The van der Waals surface area contributed by atoms with Crippen LogP contribution >= 0.6 is 12.6 Å². The van der Waals surface area contributed by atoms with Crippen LogP contribution in [0.2, 0.25) is 0 Å². The summed E-state index contributed by atoms with van der Waals surface area (Å²) in [7, 11) is 0. The van der Waals surface area contributed by atoms with Crippen LogP contribution in [0, 0.1) is 13.8 Å². The summed E-state index contributed by atoms with van der Waals surface area (Å²) in [6.45, 7) is 7.36. The van der Waals surface area contributed by atoms with Gasteiger partial charge in [-0.1, -0.05) is 35.9 Å². The van der Waals surface area contributed by atoms with Crippen LogP contribution in [-0.2, 0) is 0 Å². The van der Waals surface area contributed by atoms with Crippen molar-refractivity contribution in [2.45, 2.75) is 24.8 Å². The van der Waals surface area contributed by atoms with Crippen molar-refractivity contribution in [3.05, 3.63) is 59.2 Å². The van der Waals surface area contributed by atoms with E-state index in [9.17, 15) is 0 Å². The van der Waals surface area contributed by atoms with Gasteiger partial charge in [0.2, 0.25) is 0 Å². The van der Waals surface area contributed by atoms with Gasteiger partial charge in [0, 0.05) is 30.2 Å². The lowest BCUT2D eigenvalue weighted by Crippen LogP contribution is -2.46. The van der Waals surface area contributed by atoms with Crippen molar-refractivity contribution in [1.29, 1.82) is 0 Å². The van der Waals surface area contributed by atoms with E-state index in [2.05, 4.69) is 73.1 Å². The zero-order chi connectivity index (χ0) is 14.8. The Bertz CT molecular complexity index is 639. The second-order valence-electron chi connectivity index (χ2n) is 5.76. The van der Waals surface area contributed by atoms with Gasteiger partial charge in [0.1, 0.15) is 0 Å². The van der Waals surface area contributed by atoms with Crippen molar-refractivity contribution in [1.82, 2.24) is 5.32 Å². The first kappa shape index (κ1) is 14.5. The minimum absolute atomic E-state index is 0.342. The molecule has 1 atom stereocenters. The highest BCUT2D eigenvalue weighted by Gasteiger charge is 2.26. The number of piperazine rings is 1. The Labute approximate surface area is 132 Å². The molecule has 1 fully saturated rings. The Morgan fingerprint density at radius 3 is 2.71 bits per heavy atom. The highest BCUT2D eigenvalue weighted by atomic mass is 32.1. The van der Waals surface area contributed by atoms with Crippen molar-refractivity contribution >= 4 is 18.3 Å². The monoisotopic (exact) mass is 298 g/mol. The van der Waals surface area contributed by atoms with E-state index in [1.54, 1.807) is 0 Å². The highest BCUT2D eigenvalue weighted by Crippen LogP contribution is 2.33. The van der Waals surface area contributed by atoms with Crippen LogP contribution in [0.1, 0.15) is 22.7 Å². The van der Waals surface area contributed by atoms with Crippen LogP contribution in [0.5, 0.6) is 0 Å². The molecule has 0 amide bonds. The van der Waals surface area contributed by atoms with Gasteiger partial charge < -0.3 is 10.2 Å².